The van der Waals surface area contributed by atoms with E-state index in [2.05, 4.69) is 4.98 Å². The predicted octanol–water partition coefficient (Wildman–Crippen LogP) is 1.37. The number of fused-ring (bicyclic) bond motifs is 1. The first-order valence-electron chi connectivity index (χ1n) is 8.44. The van der Waals surface area contributed by atoms with Crippen LogP contribution in [-0.2, 0) is 21.9 Å². The second-order valence-electron chi connectivity index (χ2n) is 6.75. The number of rotatable bonds is 3. The summed E-state index contributed by atoms with van der Waals surface area (Å²) in [6.45, 7) is 7.10. The largest absolute Gasteiger partial charge is 0.340 e. The summed E-state index contributed by atoms with van der Waals surface area (Å²) < 4.78 is 29.2. The zero-order valence-electron chi connectivity index (χ0n) is 15.1. The van der Waals surface area contributed by atoms with Crippen LogP contribution in [0.2, 0.25) is 0 Å². The highest BCUT2D eigenvalue weighted by molar-refractivity contribution is 7.89. The topological polar surface area (TPSA) is 75.5 Å². The summed E-state index contributed by atoms with van der Waals surface area (Å²) >= 11 is 0. The number of piperazine rings is 1. The number of carbonyl (C=O) groups excluding carboxylic acids is 1. The molecule has 3 rings (SSSR count). The molecule has 0 N–H and O–H groups in total. The zero-order chi connectivity index (χ0) is 18.4. The van der Waals surface area contributed by atoms with E-state index in [-0.39, 0.29) is 16.7 Å². The SMILES string of the molecule is Cc1nc2cc(S(=O)(=O)N3CCN(C(=O)C(C)C)CC3)ccc2n1C. The standard InChI is InChI=1S/C17H24N4O3S/c1-12(2)17(22)20-7-9-21(10-8-20)25(23,24)14-5-6-16-15(11-14)18-13(3)19(16)4/h5-6,11-12H,7-10H2,1-4H3. The first kappa shape index (κ1) is 17.9. The Labute approximate surface area is 148 Å². The molecule has 0 saturated carbocycles. The van der Waals surface area contributed by atoms with E-state index < -0.39 is 10.0 Å². The molecule has 1 aliphatic rings. The van der Waals surface area contributed by atoms with E-state index in [0.717, 1.165) is 11.3 Å². The van der Waals surface area contributed by atoms with E-state index >= 15 is 0 Å². The number of hydrogen-bond acceptors (Lipinski definition) is 4. The molecule has 0 bridgehead atoms. The van der Waals surface area contributed by atoms with Gasteiger partial charge in [0, 0.05) is 39.1 Å². The lowest BCUT2D eigenvalue weighted by Crippen LogP contribution is -2.51. The van der Waals surface area contributed by atoms with Crippen molar-refractivity contribution in [3.8, 4) is 0 Å². The van der Waals surface area contributed by atoms with Crippen LogP contribution in [0.15, 0.2) is 23.1 Å². The molecule has 1 aromatic heterocycles. The van der Waals surface area contributed by atoms with Crippen molar-refractivity contribution < 1.29 is 13.2 Å². The van der Waals surface area contributed by atoms with Gasteiger partial charge in [-0.2, -0.15) is 4.31 Å². The lowest BCUT2D eigenvalue weighted by atomic mass is 10.2. The smallest absolute Gasteiger partial charge is 0.243 e. The normalized spacial score (nSPS) is 16.8. The second-order valence-corrected chi connectivity index (χ2v) is 8.69. The average molecular weight is 364 g/mol. The van der Waals surface area contributed by atoms with Crippen molar-refractivity contribution in [3.05, 3.63) is 24.0 Å². The van der Waals surface area contributed by atoms with E-state index in [4.69, 9.17) is 0 Å². The van der Waals surface area contributed by atoms with Crippen molar-refractivity contribution in [2.45, 2.75) is 25.7 Å². The molecule has 2 heterocycles. The van der Waals surface area contributed by atoms with Gasteiger partial charge >= 0.3 is 0 Å². The fourth-order valence-electron chi connectivity index (χ4n) is 3.12. The lowest BCUT2D eigenvalue weighted by Gasteiger charge is -2.34. The van der Waals surface area contributed by atoms with Crippen molar-refractivity contribution in [3.63, 3.8) is 0 Å². The van der Waals surface area contributed by atoms with Crippen LogP contribution < -0.4 is 0 Å². The third kappa shape index (κ3) is 3.16. The molecule has 1 aliphatic heterocycles. The average Bonchev–Trinajstić information content (AvgIpc) is 2.88. The van der Waals surface area contributed by atoms with Crippen LogP contribution in [0.4, 0.5) is 0 Å². The number of sulfonamides is 1. The molecular formula is C17H24N4O3S. The quantitative estimate of drug-likeness (QED) is 0.824. The molecule has 0 atom stereocenters. The van der Waals surface area contributed by atoms with Gasteiger partial charge in [0.25, 0.3) is 0 Å². The molecular weight excluding hydrogens is 340 g/mol. The summed E-state index contributed by atoms with van der Waals surface area (Å²) in [7, 11) is -1.67. The minimum absolute atomic E-state index is 0.0713. The van der Waals surface area contributed by atoms with Gasteiger partial charge in [-0.05, 0) is 25.1 Å². The first-order chi connectivity index (χ1) is 11.7. The molecule has 7 nitrogen and oxygen atoms in total. The fourth-order valence-corrected chi connectivity index (χ4v) is 4.57. The Morgan fingerprint density at radius 2 is 1.80 bits per heavy atom. The minimum Gasteiger partial charge on any atom is -0.340 e. The van der Waals surface area contributed by atoms with Crippen LogP contribution >= 0.6 is 0 Å². The number of nitrogens with zero attached hydrogens (tertiary/aromatic N) is 4. The number of amides is 1. The summed E-state index contributed by atoms with van der Waals surface area (Å²) in [4.78, 5) is 18.5. The van der Waals surface area contributed by atoms with Crippen molar-refractivity contribution in [2.75, 3.05) is 26.2 Å². The maximum atomic E-state index is 12.9. The van der Waals surface area contributed by atoms with E-state index in [9.17, 15) is 13.2 Å². The van der Waals surface area contributed by atoms with E-state index in [1.165, 1.54) is 4.31 Å². The summed E-state index contributed by atoms with van der Waals surface area (Å²) in [5, 5.41) is 0. The van der Waals surface area contributed by atoms with Gasteiger partial charge in [-0.1, -0.05) is 13.8 Å². The molecule has 0 unspecified atom stereocenters. The molecule has 8 heteroatoms. The fraction of sp³-hybridized carbons (Fsp3) is 0.529. The summed E-state index contributed by atoms with van der Waals surface area (Å²) in [6.07, 6.45) is 0. The third-order valence-electron chi connectivity index (χ3n) is 4.76. The van der Waals surface area contributed by atoms with Gasteiger partial charge in [-0.25, -0.2) is 13.4 Å². The lowest BCUT2D eigenvalue weighted by molar-refractivity contribution is -0.135. The summed E-state index contributed by atoms with van der Waals surface area (Å²) in [5.74, 6) is 0.839. The molecule has 1 aromatic carbocycles. The molecule has 1 amide bonds. The molecule has 0 radical (unpaired) electrons. The van der Waals surface area contributed by atoms with Crippen LogP contribution in [-0.4, -0.2) is 59.3 Å². The number of aromatic nitrogens is 2. The highest BCUT2D eigenvalue weighted by Crippen LogP contribution is 2.23. The van der Waals surface area contributed by atoms with Gasteiger partial charge in [-0.15, -0.1) is 0 Å². The molecule has 1 saturated heterocycles. The Hall–Kier alpha value is -1.93. The Balaban J connectivity index is 1.82. The number of aryl methyl sites for hydroxylation is 2. The third-order valence-corrected chi connectivity index (χ3v) is 6.65. The highest BCUT2D eigenvalue weighted by atomic mass is 32.2. The highest BCUT2D eigenvalue weighted by Gasteiger charge is 2.31. The Morgan fingerprint density at radius 1 is 1.16 bits per heavy atom. The van der Waals surface area contributed by atoms with Gasteiger partial charge in [-0.3, -0.25) is 4.79 Å². The summed E-state index contributed by atoms with van der Waals surface area (Å²) in [6, 6.07) is 5.05. The molecule has 2 aromatic rings. The van der Waals surface area contributed by atoms with Gasteiger partial charge < -0.3 is 9.47 Å². The number of hydrogen-bond donors (Lipinski definition) is 0. The van der Waals surface area contributed by atoms with Crippen LogP contribution in [0.5, 0.6) is 0 Å². The monoisotopic (exact) mass is 364 g/mol. The zero-order valence-corrected chi connectivity index (χ0v) is 15.9. The maximum Gasteiger partial charge on any atom is 0.243 e. The maximum absolute atomic E-state index is 12.9. The molecule has 136 valence electrons. The number of carbonyl (C=O) groups is 1. The van der Waals surface area contributed by atoms with E-state index in [1.807, 2.05) is 32.4 Å². The van der Waals surface area contributed by atoms with E-state index in [0.29, 0.717) is 31.7 Å². The predicted molar refractivity (Wildman–Crippen MR) is 95.6 cm³/mol. The molecule has 25 heavy (non-hydrogen) atoms. The van der Waals surface area contributed by atoms with Crippen molar-refractivity contribution in [1.82, 2.24) is 18.8 Å². The van der Waals surface area contributed by atoms with Gasteiger partial charge in [0.15, 0.2) is 0 Å². The van der Waals surface area contributed by atoms with Crippen molar-refractivity contribution in [2.24, 2.45) is 13.0 Å². The minimum atomic E-state index is -3.58. The second kappa shape index (κ2) is 6.42. The Morgan fingerprint density at radius 3 is 2.40 bits per heavy atom. The summed E-state index contributed by atoms with van der Waals surface area (Å²) in [5.41, 5.74) is 1.58. The van der Waals surface area contributed by atoms with Crippen LogP contribution in [0.1, 0.15) is 19.7 Å². The van der Waals surface area contributed by atoms with Gasteiger partial charge in [0.2, 0.25) is 15.9 Å². The van der Waals surface area contributed by atoms with Gasteiger partial charge in [0.1, 0.15) is 5.82 Å². The van der Waals surface area contributed by atoms with Gasteiger partial charge in [0.05, 0.1) is 15.9 Å². The Kier molecular flexibility index (Phi) is 4.59. The van der Waals surface area contributed by atoms with Crippen LogP contribution in [0.3, 0.4) is 0 Å². The van der Waals surface area contributed by atoms with E-state index in [1.54, 1.807) is 23.1 Å². The van der Waals surface area contributed by atoms with Crippen molar-refractivity contribution in [1.29, 1.82) is 0 Å². The first-order valence-corrected chi connectivity index (χ1v) is 9.88. The van der Waals surface area contributed by atoms with Crippen molar-refractivity contribution >= 4 is 27.0 Å². The Bertz CT molecular complexity index is 909. The molecule has 0 spiro atoms. The van der Waals surface area contributed by atoms with Crippen LogP contribution in [0.25, 0.3) is 11.0 Å². The van der Waals surface area contributed by atoms with Crippen LogP contribution in [0, 0.1) is 12.8 Å². The molecule has 1 fully saturated rings. The number of benzene rings is 1. The molecule has 0 aliphatic carbocycles. The number of imidazole rings is 1.